The number of benzene rings is 2. The highest BCUT2D eigenvalue weighted by Gasteiger charge is 2.23. The monoisotopic (exact) mass is 340 g/mol. The van der Waals surface area contributed by atoms with Gasteiger partial charge in [-0.1, -0.05) is 42.5 Å². The molecule has 3 N–H and O–H groups in total. The number of rotatable bonds is 7. The van der Waals surface area contributed by atoms with Crippen molar-refractivity contribution in [2.24, 2.45) is 0 Å². The molecule has 0 saturated carbocycles. The molecule has 132 valence electrons. The quantitative estimate of drug-likeness (QED) is 0.599. The van der Waals surface area contributed by atoms with Crippen LogP contribution in [-0.4, -0.2) is 18.5 Å². The van der Waals surface area contributed by atoms with Crippen molar-refractivity contribution in [3.8, 4) is 0 Å². The van der Waals surface area contributed by atoms with Crippen molar-refractivity contribution >= 4 is 17.6 Å². The molecule has 0 radical (unpaired) electrons. The first-order valence-corrected chi connectivity index (χ1v) is 8.37. The number of ether oxygens (including phenoxy) is 1. The SMILES string of the molecule is CCOC(=O)CC(NC(=O)C(C)c1ccccc1)c1cccc(N)c1. The van der Waals surface area contributed by atoms with E-state index in [1.807, 2.05) is 43.3 Å². The number of nitrogens with two attached hydrogens (primary N) is 1. The zero-order chi connectivity index (χ0) is 18.2. The minimum Gasteiger partial charge on any atom is -0.466 e. The van der Waals surface area contributed by atoms with Crippen LogP contribution in [0, 0.1) is 0 Å². The summed E-state index contributed by atoms with van der Waals surface area (Å²) in [6, 6.07) is 16.2. The van der Waals surface area contributed by atoms with E-state index in [4.69, 9.17) is 10.5 Å². The van der Waals surface area contributed by atoms with Gasteiger partial charge in [-0.15, -0.1) is 0 Å². The topological polar surface area (TPSA) is 81.4 Å². The molecule has 2 atom stereocenters. The predicted molar refractivity (Wildman–Crippen MR) is 97.8 cm³/mol. The van der Waals surface area contributed by atoms with Gasteiger partial charge >= 0.3 is 5.97 Å². The first-order chi connectivity index (χ1) is 12.0. The highest BCUT2D eigenvalue weighted by molar-refractivity contribution is 5.84. The van der Waals surface area contributed by atoms with Crippen LogP contribution in [0.15, 0.2) is 54.6 Å². The van der Waals surface area contributed by atoms with Gasteiger partial charge in [-0.2, -0.15) is 0 Å². The smallest absolute Gasteiger partial charge is 0.308 e. The van der Waals surface area contributed by atoms with E-state index in [2.05, 4.69) is 5.32 Å². The molecule has 25 heavy (non-hydrogen) atoms. The molecule has 0 aliphatic heterocycles. The van der Waals surface area contributed by atoms with E-state index < -0.39 is 6.04 Å². The van der Waals surface area contributed by atoms with Gasteiger partial charge in [0, 0.05) is 5.69 Å². The first kappa shape index (κ1) is 18.5. The number of anilines is 1. The maximum absolute atomic E-state index is 12.7. The van der Waals surface area contributed by atoms with Crippen LogP contribution in [0.2, 0.25) is 0 Å². The van der Waals surface area contributed by atoms with Crippen LogP contribution >= 0.6 is 0 Å². The summed E-state index contributed by atoms with van der Waals surface area (Å²) in [6.45, 7) is 3.89. The van der Waals surface area contributed by atoms with Crippen molar-refractivity contribution in [2.75, 3.05) is 12.3 Å². The van der Waals surface area contributed by atoms with Gasteiger partial charge in [-0.25, -0.2) is 0 Å². The number of amides is 1. The molecule has 2 rings (SSSR count). The Morgan fingerprint density at radius 3 is 2.40 bits per heavy atom. The minimum atomic E-state index is -0.485. The Balaban J connectivity index is 2.17. The molecule has 5 nitrogen and oxygen atoms in total. The summed E-state index contributed by atoms with van der Waals surface area (Å²) in [5.41, 5.74) is 8.12. The van der Waals surface area contributed by atoms with Crippen molar-refractivity contribution < 1.29 is 14.3 Å². The maximum Gasteiger partial charge on any atom is 0.308 e. The number of nitrogen functional groups attached to an aromatic ring is 1. The normalized spacial score (nSPS) is 12.9. The van der Waals surface area contributed by atoms with Gasteiger partial charge in [0.25, 0.3) is 0 Å². The molecular formula is C20H24N2O3. The van der Waals surface area contributed by atoms with Crippen molar-refractivity contribution in [3.05, 3.63) is 65.7 Å². The average Bonchev–Trinajstić information content (AvgIpc) is 2.61. The third-order valence-electron chi connectivity index (χ3n) is 4.00. The summed E-state index contributed by atoms with van der Waals surface area (Å²) in [5, 5.41) is 2.95. The van der Waals surface area contributed by atoms with Crippen molar-refractivity contribution in [1.29, 1.82) is 0 Å². The number of hydrogen-bond donors (Lipinski definition) is 2. The minimum absolute atomic E-state index is 0.0601. The summed E-state index contributed by atoms with van der Waals surface area (Å²) < 4.78 is 5.03. The van der Waals surface area contributed by atoms with Crippen molar-refractivity contribution in [3.63, 3.8) is 0 Å². The fourth-order valence-electron chi connectivity index (χ4n) is 2.60. The molecular weight excluding hydrogens is 316 g/mol. The van der Waals surface area contributed by atoms with Crippen LogP contribution in [0.1, 0.15) is 43.4 Å². The van der Waals surface area contributed by atoms with Gasteiger partial charge in [0.05, 0.1) is 25.0 Å². The van der Waals surface area contributed by atoms with Crippen LogP contribution in [0.5, 0.6) is 0 Å². The van der Waals surface area contributed by atoms with Crippen LogP contribution in [0.3, 0.4) is 0 Å². The molecule has 0 spiro atoms. The Kier molecular flexibility index (Phi) is 6.57. The Bertz CT molecular complexity index is 716. The second kappa shape index (κ2) is 8.87. The zero-order valence-electron chi connectivity index (χ0n) is 14.6. The fourth-order valence-corrected chi connectivity index (χ4v) is 2.60. The van der Waals surface area contributed by atoms with E-state index in [1.54, 1.807) is 25.1 Å². The number of carbonyl (C=O) groups excluding carboxylic acids is 2. The van der Waals surface area contributed by atoms with E-state index in [0.29, 0.717) is 12.3 Å². The highest BCUT2D eigenvalue weighted by atomic mass is 16.5. The maximum atomic E-state index is 12.7. The van der Waals surface area contributed by atoms with E-state index in [0.717, 1.165) is 11.1 Å². The summed E-state index contributed by atoms with van der Waals surface area (Å²) in [5.74, 6) is -0.836. The van der Waals surface area contributed by atoms with E-state index in [-0.39, 0.29) is 24.2 Å². The van der Waals surface area contributed by atoms with Crippen molar-refractivity contribution in [1.82, 2.24) is 5.32 Å². The second-order valence-electron chi connectivity index (χ2n) is 5.87. The Morgan fingerprint density at radius 2 is 1.76 bits per heavy atom. The highest BCUT2D eigenvalue weighted by Crippen LogP contribution is 2.22. The summed E-state index contributed by atoms with van der Waals surface area (Å²) >= 11 is 0. The van der Waals surface area contributed by atoms with E-state index in [9.17, 15) is 9.59 Å². The molecule has 0 aliphatic carbocycles. The van der Waals surface area contributed by atoms with Crippen LogP contribution < -0.4 is 11.1 Å². The van der Waals surface area contributed by atoms with Crippen molar-refractivity contribution in [2.45, 2.75) is 32.2 Å². The molecule has 0 aromatic heterocycles. The first-order valence-electron chi connectivity index (χ1n) is 8.37. The number of carbonyl (C=O) groups is 2. The number of hydrogen-bond acceptors (Lipinski definition) is 4. The third kappa shape index (κ3) is 5.35. The van der Waals surface area contributed by atoms with Crippen LogP contribution in [-0.2, 0) is 14.3 Å². The zero-order valence-corrected chi connectivity index (χ0v) is 14.6. The molecule has 0 saturated heterocycles. The van der Waals surface area contributed by atoms with Crippen LogP contribution in [0.25, 0.3) is 0 Å². The lowest BCUT2D eigenvalue weighted by atomic mass is 9.98. The van der Waals surface area contributed by atoms with Crippen LogP contribution in [0.4, 0.5) is 5.69 Å². The largest absolute Gasteiger partial charge is 0.466 e. The third-order valence-corrected chi connectivity index (χ3v) is 4.00. The molecule has 0 fully saturated rings. The average molecular weight is 340 g/mol. The molecule has 1 amide bonds. The molecule has 0 heterocycles. The predicted octanol–water partition coefficient (Wildman–Crippen LogP) is 3.18. The molecule has 5 heteroatoms. The number of esters is 1. The molecule has 0 bridgehead atoms. The summed E-state index contributed by atoms with van der Waals surface area (Å²) in [7, 11) is 0. The lowest BCUT2D eigenvalue weighted by Gasteiger charge is -2.21. The molecule has 2 unspecified atom stereocenters. The van der Waals surface area contributed by atoms with Gasteiger partial charge in [0.2, 0.25) is 5.91 Å². The van der Waals surface area contributed by atoms with E-state index in [1.165, 1.54) is 0 Å². The van der Waals surface area contributed by atoms with E-state index >= 15 is 0 Å². The number of nitrogens with one attached hydrogen (secondary N) is 1. The van der Waals surface area contributed by atoms with Gasteiger partial charge < -0.3 is 15.8 Å². The summed E-state index contributed by atoms with van der Waals surface area (Å²) in [4.78, 5) is 24.6. The lowest BCUT2D eigenvalue weighted by molar-refractivity contribution is -0.143. The molecule has 0 aliphatic rings. The lowest BCUT2D eigenvalue weighted by Crippen LogP contribution is -2.33. The Labute approximate surface area is 148 Å². The molecule has 2 aromatic carbocycles. The Hall–Kier alpha value is -2.82. The van der Waals surface area contributed by atoms with Gasteiger partial charge in [-0.3, -0.25) is 9.59 Å². The van der Waals surface area contributed by atoms with Gasteiger partial charge in [0.15, 0.2) is 0 Å². The second-order valence-corrected chi connectivity index (χ2v) is 5.87. The molecule has 2 aromatic rings. The summed E-state index contributed by atoms with van der Waals surface area (Å²) in [6.07, 6.45) is 0.0601. The van der Waals surface area contributed by atoms with Gasteiger partial charge in [0.1, 0.15) is 0 Å². The standard InChI is InChI=1S/C20H24N2O3/c1-3-25-19(23)13-18(16-10-7-11-17(21)12-16)22-20(24)14(2)15-8-5-4-6-9-15/h4-12,14,18H,3,13,21H2,1-2H3,(H,22,24). The fraction of sp³-hybridized carbons (Fsp3) is 0.300. The van der Waals surface area contributed by atoms with Gasteiger partial charge in [-0.05, 0) is 37.1 Å². The Morgan fingerprint density at radius 1 is 1.08 bits per heavy atom.